The minimum atomic E-state index is -0.774. The van der Waals surface area contributed by atoms with Gasteiger partial charge in [-0.25, -0.2) is 9.38 Å². The maximum atomic E-state index is 13.9. The fourth-order valence-electron chi connectivity index (χ4n) is 5.19. The minimum Gasteiger partial charge on any atom is -0.489 e. The highest BCUT2D eigenvalue weighted by Crippen LogP contribution is 2.60. The number of rotatable bonds is 1. The summed E-state index contributed by atoms with van der Waals surface area (Å²) in [4.78, 5) is 4.76. The van der Waals surface area contributed by atoms with Gasteiger partial charge in [-0.1, -0.05) is 24.6 Å². The molecule has 2 aromatic carbocycles. The molecule has 5 rings (SSSR count). The van der Waals surface area contributed by atoms with Gasteiger partial charge < -0.3 is 20.3 Å². The van der Waals surface area contributed by atoms with E-state index < -0.39 is 22.9 Å². The Morgan fingerprint density at radius 3 is 2.76 bits per heavy atom. The molecule has 3 aliphatic rings. The molecule has 2 aliphatic heterocycles. The molecule has 0 amide bonds. The molecule has 1 aliphatic carbocycles. The average Bonchev–Trinajstić information content (AvgIpc) is 3.06. The lowest BCUT2D eigenvalue weighted by atomic mass is 9.57. The van der Waals surface area contributed by atoms with Crippen LogP contribution in [0.3, 0.4) is 0 Å². The van der Waals surface area contributed by atoms with Gasteiger partial charge in [-0.15, -0.1) is 0 Å². The SMILES string of the molecule is CC12CC(O)CCC1Oc1ccc(-c3cc(F)cc(Cl)c3)cc1C21COC(N)=N1. The normalized spacial score (nSPS) is 32.8. The summed E-state index contributed by atoms with van der Waals surface area (Å²) in [6.45, 7) is 2.36. The molecule has 5 nitrogen and oxygen atoms in total. The Kier molecular flexibility index (Phi) is 4.09. The zero-order chi connectivity index (χ0) is 20.4. The predicted octanol–water partition coefficient (Wildman–Crippen LogP) is 4.00. The first-order chi connectivity index (χ1) is 13.8. The van der Waals surface area contributed by atoms with Crippen LogP contribution in [0.15, 0.2) is 41.4 Å². The van der Waals surface area contributed by atoms with E-state index in [4.69, 9.17) is 31.8 Å². The van der Waals surface area contributed by atoms with Crippen LogP contribution in [0.4, 0.5) is 4.39 Å². The van der Waals surface area contributed by atoms with E-state index in [2.05, 4.69) is 6.92 Å². The van der Waals surface area contributed by atoms with E-state index in [0.717, 1.165) is 23.3 Å². The van der Waals surface area contributed by atoms with E-state index >= 15 is 0 Å². The summed E-state index contributed by atoms with van der Waals surface area (Å²) < 4.78 is 25.9. The lowest BCUT2D eigenvalue weighted by Gasteiger charge is -2.54. The van der Waals surface area contributed by atoms with Crippen LogP contribution in [0.1, 0.15) is 31.7 Å². The number of nitrogens with zero attached hydrogens (tertiary/aromatic N) is 1. The number of nitrogens with two attached hydrogens (primary N) is 1. The van der Waals surface area contributed by atoms with Crippen molar-refractivity contribution in [3.05, 3.63) is 52.8 Å². The van der Waals surface area contributed by atoms with Crippen molar-refractivity contribution in [2.45, 2.75) is 43.9 Å². The number of hydrogen-bond acceptors (Lipinski definition) is 5. The Balaban J connectivity index is 1.71. The second-order valence-electron chi connectivity index (χ2n) is 8.43. The molecule has 2 heterocycles. The number of hydrogen-bond donors (Lipinski definition) is 2. The van der Waals surface area contributed by atoms with E-state index in [1.54, 1.807) is 6.07 Å². The number of amidine groups is 1. The van der Waals surface area contributed by atoms with Crippen molar-refractivity contribution in [3.63, 3.8) is 0 Å². The van der Waals surface area contributed by atoms with E-state index in [9.17, 15) is 9.50 Å². The number of benzene rings is 2. The summed E-state index contributed by atoms with van der Waals surface area (Å²) in [5.74, 6) is 0.322. The Labute approximate surface area is 173 Å². The maximum Gasteiger partial charge on any atom is 0.283 e. The number of aliphatic hydroxyl groups excluding tert-OH is 1. The Hall–Kier alpha value is -2.31. The number of aliphatic imine (C=N–C) groups is 1. The topological polar surface area (TPSA) is 77.1 Å². The summed E-state index contributed by atoms with van der Waals surface area (Å²) in [5.41, 5.74) is 7.00. The molecule has 4 atom stereocenters. The lowest BCUT2D eigenvalue weighted by Crippen LogP contribution is -2.59. The molecule has 1 spiro atoms. The van der Waals surface area contributed by atoms with Crippen molar-refractivity contribution in [2.75, 3.05) is 6.61 Å². The van der Waals surface area contributed by atoms with Crippen LogP contribution in [0, 0.1) is 11.2 Å². The molecule has 0 bridgehead atoms. The summed E-state index contributed by atoms with van der Waals surface area (Å²) in [6, 6.07) is 10.3. The Bertz CT molecular complexity index is 1010. The molecule has 29 heavy (non-hydrogen) atoms. The van der Waals surface area contributed by atoms with Gasteiger partial charge in [0.15, 0.2) is 0 Å². The van der Waals surface area contributed by atoms with Gasteiger partial charge in [-0.2, -0.15) is 0 Å². The molecule has 3 N–H and O–H groups in total. The van der Waals surface area contributed by atoms with Crippen LogP contribution >= 0.6 is 11.6 Å². The standard InChI is InChI=1S/C22H22ClFN2O3/c1-21-10-16(27)3-5-19(21)29-18-4-2-12(13-6-14(23)9-15(24)7-13)8-17(18)22(21)11-28-20(25)26-22/h2,4,6-9,16,19,27H,3,5,10-11H2,1H3,(H2,25,26). The molecule has 7 heteroatoms. The van der Waals surface area contributed by atoms with Crippen molar-refractivity contribution in [3.8, 4) is 16.9 Å². The smallest absolute Gasteiger partial charge is 0.283 e. The fourth-order valence-corrected chi connectivity index (χ4v) is 5.41. The van der Waals surface area contributed by atoms with Crippen molar-refractivity contribution in [2.24, 2.45) is 16.1 Å². The molecule has 0 aromatic heterocycles. The highest BCUT2D eigenvalue weighted by molar-refractivity contribution is 6.30. The third-order valence-corrected chi connectivity index (χ3v) is 6.92. The monoisotopic (exact) mass is 416 g/mol. The lowest BCUT2D eigenvalue weighted by molar-refractivity contribution is -0.101. The molecule has 1 fully saturated rings. The van der Waals surface area contributed by atoms with E-state index in [1.807, 2.05) is 18.2 Å². The van der Waals surface area contributed by atoms with Gasteiger partial charge in [0.2, 0.25) is 0 Å². The van der Waals surface area contributed by atoms with Crippen molar-refractivity contribution < 1.29 is 19.0 Å². The third kappa shape index (κ3) is 2.73. The number of aliphatic hydroxyl groups is 1. The van der Waals surface area contributed by atoms with Crippen molar-refractivity contribution in [1.29, 1.82) is 0 Å². The number of ether oxygens (including phenoxy) is 2. The maximum absolute atomic E-state index is 13.9. The fraction of sp³-hybridized carbons (Fsp3) is 0.409. The van der Waals surface area contributed by atoms with Crippen LogP contribution in [0.2, 0.25) is 5.02 Å². The van der Waals surface area contributed by atoms with Gasteiger partial charge in [0.05, 0.1) is 6.10 Å². The summed E-state index contributed by atoms with van der Waals surface area (Å²) in [6.07, 6.45) is 1.42. The minimum absolute atomic E-state index is 0.105. The molecule has 152 valence electrons. The first kappa shape index (κ1) is 18.7. The zero-order valence-electron chi connectivity index (χ0n) is 16.0. The largest absolute Gasteiger partial charge is 0.489 e. The van der Waals surface area contributed by atoms with Gasteiger partial charge in [0.25, 0.3) is 6.02 Å². The van der Waals surface area contributed by atoms with Crippen molar-refractivity contribution >= 4 is 17.6 Å². The van der Waals surface area contributed by atoms with Gasteiger partial charge in [-0.3, -0.25) is 0 Å². The van der Waals surface area contributed by atoms with Crippen LogP contribution < -0.4 is 10.5 Å². The van der Waals surface area contributed by atoms with Crippen molar-refractivity contribution in [1.82, 2.24) is 0 Å². The Morgan fingerprint density at radius 1 is 1.21 bits per heavy atom. The zero-order valence-corrected chi connectivity index (χ0v) is 16.7. The predicted molar refractivity (Wildman–Crippen MR) is 108 cm³/mol. The van der Waals surface area contributed by atoms with Gasteiger partial charge >= 0.3 is 0 Å². The summed E-state index contributed by atoms with van der Waals surface area (Å²) in [7, 11) is 0. The molecule has 2 aromatic rings. The van der Waals surface area contributed by atoms with Crippen LogP contribution in [0.5, 0.6) is 5.75 Å². The Morgan fingerprint density at radius 2 is 2.03 bits per heavy atom. The van der Waals surface area contributed by atoms with Gasteiger partial charge in [0.1, 0.15) is 29.8 Å². The number of halogens is 2. The van der Waals surface area contributed by atoms with Crippen LogP contribution in [-0.2, 0) is 10.3 Å². The first-order valence-electron chi connectivity index (χ1n) is 9.75. The third-order valence-electron chi connectivity index (χ3n) is 6.70. The van der Waals surface area contributed by atoms with E-state index in [-0.39, 0.29) is 18.7 Å². The molecule has 4 unspecified atom stereocenters. The first-order valence-corrected chi connectivity index (χ1v) is 10.1. The second-order valence-corrected chi connectivity index (χ2v) is 8.86. The van der Waals surface area contributed by atoms with Crippen LogP contribution in [0.25, 0.3) is 11.1 Å². The summed E-state index contributed by atoms with van der Waals surface area (Å²) in [5, 5.41) is 10.8. The molecule has 1 saturated carbocycles. The van der Waals surface area contributed by atoms with E-state index in [1.165, 1.54) is 12.1 Å². The molecule has 0 saturated heterocycles. The van der Waals surface area contributed by atoms with Crippen LogP contribution in [-0.4, -0.2) is 29.9 Å². The second kappa shape index (κ2) is 6.34. The van der Waals surface area contributed by atoms with Gasteiger partial charge in [0, 0.05) is 16.0 Å². The van der Waals surface area contributed by atoms with Gasteiger partial charge in [-0.05, 0) is 60.7 Å². The summed E-state index contributed by atoms with van der Waals surface area (Å²) >= 11 is 6.06. The highest BCUT2D eigenvalue weighted by Gasteiger charge is 2.63. The highest BCUT2D eigenvalue weighted by atomic mass is 35.5. The molecular weight excluding hydrogens is 395 g/mol. The molecule has 0 radical (unpaired) electrons. The molecular formula is C22H22ClFN2O3. The average molecular weight is 417 g/mol. The van der Waals surface area contributed by atoms with E-state index in [0.29, 0.717) is 23.4 Å². The number of fused-ring (bicyclic) bond motifs is 4. The quantitative estimate of drug-likeness (QED) is 0.736.